The van der Waals surface area contributed by atoms with Gasteiger partial charge in [0.2, 0.25) is 0 Å². The van der Waals surface area contributed by atoms with Gasteiger partial charge >= 0.3 is 0 Å². The molecule has 1 aromatic rings. The Labute approximate surface area is 117 Å². The molecular weight excluding hydrogens is 234 g/mol. The SMILES string of the molecule is Cc1ccc(C(CN)N(C)C2CCC(C)CC2)cn1. The summed E-state index contributed by atoms with van der Waals surface area (Å²) < 4.78 is 0. The van der Waals surface area contributed by atoms with Crippen molar-refractivity contribution < 1.29 is 0 Å². The third-order valence-corrected chi connectivity index (χ3v) is 4.60. The van der Waals surface area contributed by atoms with E-state index in [1.807, 2.05) is 13.1 Å². The Morgan fingerprint density at radius 1 is 1.32 bits per heavy atom. The van der Waals surface area contributed by atoms with E-state index in [2.05, 4.69) is 36.0 Å². The molecule has 0 aromatic carbocycles. The highest BCUT2D eigenvalue weighted by atomic mass is 15.2. The van der Waals surface area contributed by atoms with Crippen molar-refractivity contribution in [2.75, 3.05) is 13.6 Å². The van der Waals surface area contributed by atoms with Crippen molar-refractivity contribution in [3.63, 3.8) is 0 Å². The molecule has 3 heteroatoms. The van der Waals surface area contributed by atoms with Gasteiger partial charge in [-0.1, -0.05) is 13.0 Å². The summed E-state index contributed by atoms with van der Waals surface area (Å²) in [6.07, 6.45) is 7.27. The molecule has 19 heavy (non-hydrogen) atoms. The molecule has 1 unspecified atom stereocenters. The number of hydrogen-bond donors (Lipinski definition) is 1. The number of aromatic nitrogens is 1. The largest absolute Gasteiger partial charge is 0.329 e. The van der Waals surface area contributed by atoms with E-state index in [9.17, 15) is 0 Å². The molecule has 2 N–H and O–H groups in total. The van der Waals surface area contributed by atoms with Crippen molar-refractivity contribution in [1.29, 1.82) is 0 Å². The quantitative estimate of drug-likeness (QED) is 0.906. The maximum absolute atomic E-state index is 6.01. The van der Waals surface area contributed by atoms with Crippen molar-refractivity contribution in [3.05, 3.63) is 29.6 Å². The Hall–Kier alpha value is -0.930. The second kappa shape index (κ2) is 6.49. The molecule has 0 bridgehead atoms. The molecule has 1 saturated carbocycles. The number of rotatable bonds is 4. The molecule has 1 aromatic heterocycles. The van der Waals surface area contributed by atoms with Crippen LogP contribution in [0.15, 0.2) is 18.3 Å². The molecule has 1 aliphatic carbocycles. The molecule has 1 atom stereocenters. The highest BCUT2D eigenvalue weighted by Gasteiger charge is 2.26. The number of likely N-dealkylation sites (N-methyl/N-ethyl adjacent to an activating group) is 1. The Balaban J connectivity index is 2.06. The lowest BCUT2D eigenvalue weighted by Crippen LogP contribution is -2.40. The van der Waals surface area contributed by atoms with Crippen molar-refractivity contribution in [1.82, 2.24) is 9.88 Å². The number of hydrogen-bond acceptors (Lipinski definition) is 3. The predicted octanol–water partition coefficient (Wildman–Crippen LogP) is 2.90. The van der Waals surface area contributed by atoms with Crippen LogP contribution in [0.4, 0.5) is 0 Å². The van der Waals surface area contributed by atoms with Gasteiger partial charge in [-0.05, 0) is 57.2 Å². The van der Waals surface area contributed by atoms with Crippen LogP contribution in [0.5, 0.6) is 0 Å². The molecule has 106 valence electrons. The van der Waals surface area contributed by atoms with Gasteiger partial charge in [-0.3, -0.25) is 9.88 Å². The van der Waals surface area contributed by atoms with Gasteiger partial charge in [0.1, 0.15) is 0 Å². The van der Waals surface area contributed by atoms with Crippen molar-refractivity contribution in [3.8, 4) is 0 Å². The minimum absolute atomic E-state index is 0.298. The average Bonchev–Trinajstić information content (AvgIpc) is 2.42. The zero-order chi connectivity index (χ0) is 13.8. The van der Waals surface area contributed by atoms with E-state index in [1.54, 1.807) is 0 Å². The minimum atomic E-state index is 0.298. The molecule has 1 heterocycles. The first-order chi connectivity index (χ1) is 9.11. The molecular formula is C16H27N3. The monoisotopic (exact) mass is 261 g/mol. The number of aryl methyl sites for hydroxylation is 1. The maximum atomic E-state index is 6.01. The van der Waals surface area contributed by atoms with Crippen molar-refractivity contribution in [2.45, 2.75) is 51.6 Å². The fourth-order valence-corrected chi connectivity index (χ4v) is 3.12. The summed E-state index contributed by atoms with van der Waals surface area (Å²) in [6.45, 7) is 5.04. The number of nitrogens with zero attached hydrogens (tertiary/aromatic N) is 2. The highest BCUT2D eigenvalue weighted by molar-refractivity contribution is 5.18. The summed E-state index contributed by atoms with van der Waals surface area (Å²) in [5, 5.41) is 0. The van der Waals surface area contributed by atoms with E-state index in [-0.39, 0.29) is 0 Å². The zero-order valence-corrected chi connectivity index (χ0v) is 12.5. The van der Waals surface area contributed by atoms with Gasteiger partial charge < -0.3 is 5.73 Å². The second-order valence-electron chi connectivity index (χ2n) is 6.06. The van der Waals surface area contributed by atoms with E-state index in [1.165, 1.54) is 31.2 Å². The topological polar surface area (TPSA) is 42.1 Å². The fraction of sp³-hybridized carbons (Fsp3) is 0.688. The summed E-state index contributed by atoms with van der Waals surface area (Å²) in [5.41, 5.74) is 8.32. The van der Waals surface area contributed by atoms with E-state index < -0.39 is 0 Å². The second-order valence-corrected chi connectivity index (χ2v) is 6.06. The van der Waals surface area contributed by atoms with Gasteiger partial charge in [0.15, 0.2) is 0 Å². The smallest absolute Gasteiger partial charge is 0.0485 e. The van der Waals surface area contributed by atoms with Crippen LogP contribution in [0.25, 0.3) is 0 Å². The van der Waals surface area contributed by atoms with Crippen LogP contribution in [0.3, 0.4) is 0 Å². The summed E-state index contributed by atoms with van der Waals surface area (Å²) in [4.78, 5) is 6.88. The Morgan fingerprint density at radius 2 is 2.00 bits per heavy atom. The normalized spacial score (nSPS) is 25.5. The van der Waals surface area contributed by atoms with Gasteiger partial charge in [-0.25, -0.2) is 0 Å². The van der Waals surface area contributed by atoms with Crippen molar-refractivity contribution in [2.24, 2.45) is 11.7 Å². The third kappa shape index (κ3) is 3.54. The Kier molecular flexibility index (Phi) is 4.94. The lowest BCUT2D eigenvalue weighted by atomic mass is 9.86. The molecule has 0 aliphatic heterocycles. The molecule has 1 fully saturated rings. The van der Waals surface area contributed by atoms with Crippen LogP contribution in [-0.4, -0.2) is 29.5 Å². The fourth-order valence-electron chi connectivity index (χ4n) is 3.12. The third-order valence-electron chi connectivity index (χ3n) is 4.60. The van der Waals surface area contributed by atoms with Crippen LogP contribution in [0.1, 0.15) is 49.9 Å². The number of nitrogens with two attached hydrogens (primary N) is 1. The van der Waals surface area contributed by atoms with E-state index >= 15 is 0 Å². The summed E-state index contributed by atoms with van der Waals surface area (Å²) >= 11 is 0. The van der Waals surface area contributed by atoms with E-state index in [0.717, 1.165) is 11.6 Å². The zero-order valence-electron chi connectivity index (χ0n) is 12.5. The summed E-state index contributed by atoms with van der Waals surface area (Å²) in [6, 6.07) is 5.22. The van der Waals surface area contributed by atoms with Gasteiger partial charge in [-0.15, -0.1) is 0 Å². The van der Waals surface area contributed by atoms with Crippen LogP contribution in [-0.2, 0) is 0 Å². The lowest BCUT2D eigenvalue weighted by molar-refractivity contribution is 0.126. The Morgan fingerprint density at radius 3 is 2.53 bits per heavy atom. The standard InChI is InChI=1S/C16H27N3/c1-12-4-8-15(9-5-12)19(3)16(10-17)14-7-6-13(2)18-11-14/h6-7,11-12,15-16H,4-5,8-10,17H2,1-3H3. The van der Waals surface area contributed by atoms with Gasteiger partial charge in [-0.2, -0.15) is 0 Å². The van der Waals surface area contributed by atoms with Gasteiger partial charge in [0, 0.05) is 30.5 Å². The Bertz CT molecular complexity index is 379. The predicted molar refractivity (Wildman–Crippen MR) is 80.0 cm³/mol. The summed E-state index contributed by atoms with van der Waals surface area (Å²) in [7, 11) is 2.22. The first kappa shape index (κ1) is 14.5. The van der Waals surface area contributed by atoms with Gasteiger partial charge in [0.05, 0.1) is 0 Å². The minimum Gasteiger partial charge on any atom is -0.329 e. The first-order valence-corrected chi connectivity index (χ1v) is 7.46. The molecule has 3 nitrogen and oxygen atoms in total. The molecule has 0 amide bonds. The van der Waals surface area contributed by atoms with E-state index in [4.69, 9.17) is 5.73 Å². The molecule has 0 spiro atoms. The van der Waals surface area contributed by atoms with Crippen molar-refractivity contribution >= 4 is 0 Å². The molecule has 0 saturated heterocycles. The van der Waals surface area contributed by atoms with Crippen LogP contribution in [0.2, 0.25) is 0 Å². The molecule has 0 radical (unpaired) electrons. The molecule has 2 rings (SSSR count). The van der Waals surface area contributed by atoms with E-state index in [0.29, 0.717) is 18.6 Å². The summed E-state index contributed by atoms with van der Waals surface area (Å²) in [5.74, 6) is 0.891. The number of pyridine rings is 1. The lowest BCUT2D eigenvalue weighted by Gasteiger charge is -2.38. The van der Waals surface area contributed by atoms with Gasteiger partial charge in [0.25, 0.3) is 0 Å². The molecule has 1 aliphatic rings. The average molecular weight is 261 g/mol. The highest BCUT2D eigenvalue weighted by Crippen LogP contribution is 2.30. The van der Waals surface area contributed by atoms with Crippen LogP contribution >= 0.6 is 0 Å². The van der Waals surface area contributed by atoms with Crippen LogP contribution < -0.4 is 5.73 Å². The van der Waals surface area contributed by atoms with Crippen LogP contribution in [0, 0.1) is 12.8 Å². The maximum Gasteiger partial charge on any atom is 0.0485 e. The first-order valence-electron chi connectivity index (χ1n) is 7.46.